The van der Waals surface area contributed by atoms with Crippen molar-refractivity contribution in [2.45, 2.75) is 24.2 Å². The molecule has 3 heterocycles. The van der Waals surface area contributed by atoms with Gasteiger partial charge in [0.05, 0.1) is 11.2 Å². The molecule has 0 saturated heterocycles. The molecular formula is C18H18F2N2O3S. The Kier molecular flexibility index (Phi) is 4.62. The van der Waals surface area contributed by atoms with Crippen LogP contribution in [0.5, 0.6) is 0 Å². The van der Waals surface area contributed by atoms with Crippen molar-refractivity contribution in [3.05, 3.63) is 41.7 Å². The maximum Gasteiger partial charge on any atom is 0.239 e. The number of rotatable bonds is 5. The van der Waals surface area contributed by atoms with Crippen LogP contribution in [0.4, 0.5) is 8.78 Å². The van der Waals surface area contributed by atoms with E-state index in [9.17, 15) is 17.8 Å². The zero-order valence-corrected chi connectivity index (χ0v) is 14.8. The number of alkyl halides is 2. The molecule has 0 bridgehead atoms. The van der Waals surface area contributed by atoms with Crippen LogP contribution in [-0.4, -0.2) is 51.9 Å². The zero-order chi connectivity index (χ0) is 18.3. The van der Waals surface area contributed by atoms with E-state index in [1.165, 1.54) is 0 Å². The molecule has 138 valence electrons. The number of carbonyl (C=O) groups is 1. The van der Waals surface area contributed by atoms with Crippen LogP contribution in [0.1, 0.15) is 12.8 Å². The quantitative estimate of drug-likeness (QED) is 0.750. The summed E-state index contributed by atoms with van der Waals surface area (Å²) in [6, 6.07) is 7.30. The largest absolute Gasteiger partial charge is 0.464 e. The van der Waals surface area contributed by atoms with Crippen LogP contribution in [0.3, 0.4) is 0 Å². The first-order chi connectivity index (χ1) is 12.5. The first kappa shape index (κ1) is 17.4. The number of carbonyl (C=O) groups excluding carboxylic acids is 1. The molecular weight excluding hydrogens is 362 g/mol. The molecule has 5 nitrogen and oxygen atoms in total. The van der Waals surface area contributed by atoms with Gasteiger partial charge in [-0.05, 0) is 35.4 Å². The molecule has 0 radical (unpaired) electrons. The van der Waals surface area contributed by atoms with Gasteiger partial charge in [0.1, 0.15) is 16.6 Å². The number of amides is 1. The van der Waals surface area contributed by atoms with Crippen LogP contribution in [0.25, 0.3) is 11.0 Å². The van der Waals surface area contributed by atoms with E-state index in [0.717, 1.165) is 22.1 Å². The third kappa shape index (κ3) is 3.31. The van der Waals surface area contributed by atoms with Gasteiger partial charge in [-0.25, -0.2) is 17.3 Å². The van der Waals surface area contributed by atoms with E-state index in [-0.39, 0.29) is 12.3 Å². The van der Waals surface area contributed by atoms with Crippen molar-refractivity contribution in [2.75, 3.05) is 26.2 Å². The monoisotopic (exact) mass is 380 g/mol. The van der Waals surface area contributed by atoms with Gasteiger partial charge in [-0.1, -0.05) is 0 Å². The number of furan rings is 1. The van der Waals surface area contributed by atoms with Crippen molar-refractivity contribution in [3.63, 3.8) is 0 Å². The number of fused-ring (bicyclic) bond motifs is 1. The topological polar surface area (TPSA) is 53.8 Å². The molecule has 2 aliphatic heterocycles. The van der Waals surface area contributed by atoms with Crippen molar-refractivity contribution in [1.29, 1.82) is 0 Å². The second-order valence-electron chi connectivity index (χ2n) is 6.55. The number of hydrogen-bond donors (Lipinski definition) is 0. The van der Waals surface area contributed by atoms with Gasteiger partial charge in [0.25, 0.3) is 0 Å². The predicted octanol–water partition coefficient (Wildman–Crippen LogP) is 2.96. The van der Waals surface area contributed by atoms with E-state index in [4.69, 9.17) is 4.42 Å². The summed E-state index contributed by atoms with van der Waals surface area (Å²) in [5.74, 6) is -0.238. The maximum absolute atomic E-state index is 12.9. The maximum atomic E-state index is 12.9. The summed E-state index contributed by atoms with van der Waals surface area (Å²) in [6.07, 6.45) is -1.37. The van der Waals surface area contributed by atoms with Gasteiger partial charge in [0.15, 0.2) is 0 Å². The lowest BCUT2D eigenvalue weighted by molar-refractivity contribution is -0.130. The smallest absolute Gasteiger partial charge is 0.239 e. The molecule has 26 heavy (non-hydrogen) atoms. The van der Waals surface area contributed by atoms with Gasteiger partial charge in [0, 0.05) is 44.4 Å². The Morgan fingerprint density at radius 3 is 2.58 bits per heavy atom. The number of nitrogens with zero attached hydrogens (tertiary/aromatic N) is 2. The Hall–Kier alpha value is -2.06. The van der Waals surface area contributed by atoms with E-state index in [0.29, 0.717) is 31.1 Å². The number of halogens is 2. The molecule has 1 unspecified atom stereocenters. The van der Waals surface area contributed by atoms with Crippen LogP contribution >= 0.6 is 0 Å². The highest BCUT2D eigenvalue weighted by Gasteiger charge is 2.34. The zero-order valence-electron chi connectivity index (χ0n) is 14.0. The lowest BCUT2D eigenvalue weighted by atomic mass is 10.2. The van der Waals surface area contributed by atoms with Crippen LogP contribution < -0.4 is 0 Å². The Morgan fingerprint density at radius 1 is 1.15 bits per heavy atom. The SMILES string of the molecule is O=C(CCC(F)F)N1CC2=C(C1)CN(S(=O)c1ccc3occc3c1)C2. The van der Waals surface area contributed by atoms with Crippen molar-refractivity contribution < 1.29 is 22.2 Å². The summed E-state index contributed by atoms with van der Waals surface area (Å²) in [7, 11) is -1.29. The standard InChI is InChI=1S/C18H18F2N2O3S/c19-17(20)3-4-18(23)21-8-13-10-22(11-14(13)9-21)26(24)15-1-2-16-12(7-15)5-6-25-16/h1-2,5-7,17H,3-4,8-11H2. The third-order valence-electron chi connectivity index (χ3n) is 4.79. The van der Waals surface area contributed by atoms with Crippen LogP contribution in [-0.2, 0) is 15.8 Å². The van der Waals surface area contributed by atoms with Crippen molar-refractivity contribution in [3.8, 4) is 0 Å². The summed E-state index contributed by atoms with van der Waals surface area (Å²) < 4.78 is 44.5. The minimum atomic E-state index is -2.45. The highest BCUT2D eigenvalue weighted by molar-refractivity contribution is 7.82. The van der Waals surface area contributed by atoms with E-state index in [2.05, 4.69) is 0 Å². The Morgan fingerprint density at radius 2 is 1.88 bits per heavy atom. The summed E-state index contributed by atoms with van der Waals surface area (Å²) in [5.41, 5.74) is 2.91. The second kappa shape index (κ2) is 6.92. The molecule has 1 atom stereocenters. The molecule has 2 aliphatic rings. The number of hydrogen-bond acceptors (Lipinski definition) is 3. The van der Waals surface area contributed by atoms with Crippen LogP contribution in [0, 0.1) is 0 Å². The van der Waals surface area contributed by atoms with Gasteiger partial charge in [-0.2, -0.15) is 0 Å². The third-order valence-corrected chi connectivity index (χ3v) is 6.17. The predicted molar refractivity (Wildman–Crippen MR) is 93.0 cm³/mol. The molecule has 1 amide bonds. The lowest BCUT2D eigenvalue weighted by Crippen LogP contribution is -2.34. The summed E-state index contributed by atoms with van der Waals surface area (Å²) in [6.45, 7) is 1.96. The Bertz CT molecular complexity index is 891. The van der Waals surface area contributed by atoms with Crippen molar-refractivity contribution >= 4 is 27.9 Å². The normalized spacial score (nSPS) is 19.0. The molecule has 1 aromatic heterocycles. The van der Waals surface area contributed by atoms with E-state index < -0.39 is 23.8 Å². The Balaban J connectivity index is 1.37. The average Bonchev–Trinajstić information content (AvgIpc) is 3.31. The van der Waals surface area contributed by atoms with E-state index >= 15 is 0 Å². The Labute approximate surface area is 151 Å². The molecule has 0 N–H and O–H groups in total. The molecule has 4 rings (SSSR count). The van der Waals surface area contributed by atoms with E-state index in [1.54, 1.807) is 17.2 Å². The molecule has 2 aromatic rings. The molecule has 1 aromatic carbocycles. The summed E-state index contributed by atoms with van der Waals surface area (Å²) >= 11 is 0. The van der Waals surface area contributed by atoms with Gasteiger partial charge in [-0.15, -0.1) is 0 Å². The summed E-state index contributed by atoms with van der Waals surface area (Å²) in [5, 5.41) is 0.909. The molecule has 8 heteroatoms. The first-order valence-corrected chi connectivity index (χ1v) is 9.52. The summed E-state index contributed by atoms with van der Waals surface area (Å²) in [4.78, 5) is 14.3. The van der Waals surface area contributed by atoms with Crippen LogP contribution in [0.2, 0.25) is 0 Å². The fourth-order valence-electron chi connectivity index (χ4n) is 3.43. The highest BCUT2D eigenvalue weighted by Crippen LogP contribution is 2.29. The number of benzene rings is 1. The highest BCUT2D eigenvalue weighted by atomic mass is 32.2. The fourth-order valence-corrected chi connectivity index (χ4v) is 4.69. The van der Waals surface area contributed by atoms with Gasteiger partial charge >= 0.3 is 0 Å². The second-order valence-corrected chi connectivity index (χ2v) is 8.04. The van der Waals surface area contributed by atoms with Gasteiger partial charge in [-0.3, -0.25) is 4.79 Å². The fraction of sp³-hybridized carbons (Fsp3) is 0.389. The lowest BCUT2D eigenvalue weighted by Gasteiger charge is -2.22. The molecule has 0 aliphatic carbocycles. The van der Waals surface area contributed by atoms with Gasteiger partial charge < -0.3 is 9.32 Å². The van der Waals surface area contributed by atoms with Crippen LogP contribution in [0.15, 0.2) is 51.0 Å². The van der Waals surface area contributed by atoms with Crippen molar-refractivity contribution in [2.24, 2.45) is 0 Å². The first-order valence-electron chi connectivity index (χ1n) is 8.41. The van der Waals surface area contributed by atoms with Crippen molar-refractivity contribution in [1.82, 2.24) is 9.21 Å². The molecule has 0 fully saturated rings. The minimum absolute atomic E-state index is 0.126. The molecule has 0 saturated carbocycles. The molecule has 0 spiro atoms. The minimum Gasteiger partial charge on any atom is -0.464 e. The average molecular weight is 380 g/mol. The van der Waals surface area contributed by atoms with Gasteiger partial charge in [0.2, 0.25) is 12.3 Å². The van der Waals surface area contributed by atoms with E-state index in [1.807, 2.05) is 22.5 Å².